The first-order chi connectivity index (χ1) is 8.93. The molecule has 1 amide bonds. The molecule has 0 saturated carbocycles. The maximum absolute atomic E-state index is 12.1. The van der Waals surface area contributed by atoms with E-state index < -0.39 is 5.54 Å². The van der Waals surface area contributed by atoms with Crippen LogP contribution in [0, 0.1) is 12.3 Å². The Morgan fingerprint density at radius 1 is 1.42 bits per heavy atom. The molecule has 3 N–H and O–H groups in total. The topological polar surface area (TPSA) is 68.0 Å². The lowest BCUT2D eigenvalue weighted by molar-refractivity contribution is 0.0925. The number of pyridine rings is 1. The SMILES string of the molecule is C#CC(C)(C)NC(=O)c1cc(N)c2ccccc2n1. The predicted octanol–water partition coefficient (Wildman–Crippen LogP) is 1.96. The first-order valence-corrected chi connectivity index (χ1v) is 5.88. The van der Waals surface area contributed by atoms with Crippen molar-refractivity contribution in [2.45, 2.75) is 19.4 Å². The van der Waals surface area contributed by atoms with Gasteiger partial charge in [0.2, 0.25) is 0 Å². The lowest BCUT2D eigenvalue weighted by Crippen LogP contribution is -2.42. The number of amides is 1. The van der Waals surface area contributed by atoms with E-state index in [1.807, 2.05) is 24.3 Å². The molecule has 0 radical (unpaired) electrons. The van der Waals surface area contributed by atoms with Crippen molar-refractivity contribution in [2.24, 2.45) is 0 Å². The molecule has 0 aliphatic carbocycles. The van der Waals surface area contributed by atoms with Gasteiger partial charge in [0.1, 0.15) is 5.69 Å². The molecule has 0 atom stereocenters. The smallest absolute Gasteiger partial charge is 0.271 e. The van der Waals surface area contributed by atoms with Crippen LogP contribution in [0.15, 0.2) is 30.3 Å². The molecule has 0 unspecified atom stereocenters. The molecule has 0 aliphatic heterocycles. The molecule has 19 heavy (non-hydrogen) atoms. The summed E-state index contributed by atoms with van der Waals surface area (Å²) < 4.78 is 0. The van der Waals surface area contributed by atoms with Crippen molar-refractivity contribution in [2.75, 3.05) is 5.73 Å². The number of hydrogen-bond donors (Lipinski definition) is 2. The number of benzene rings is 1. The number of para-hydroxylation sites is 1. The molecule has 1 heterocycles. The number of fused-ring (bicyclic) bond motifs is 1. The molecule has 2 aromatic rings. The van der Waals surface area contributed by atoms with Crippen molar-refractivity contribution < 1.29 is 4.79 Å². The maximum atomic E-state index is 12.1. The van der Waals surface area contributed by atoms with E-state index in [1.165, 1.54) is 0 Å². The largest absolute Gasteiger partial charge is 0.398 e. The van der Waals surface area contributed by atoms with E-state index >= 15 is 0 Å². The zero-order chi connectivity index (χ0) is 14.0. The standard InChI is InChI=1S/C15H15N3O/c1-4-15(2,3)18-14(19)13-9-11(16)10-7-5-6-8-12(10)17-13/h1,5-9H,2-3H3,(H2,16,17)(H,18,19). The van der Waals surface area contributed by atoms with Gasteiger partial charge in [-0.15, -0.1) is 6.42 Å². The molecule has 0 aliphatic rings. The molecule has 4 nitrogen and oxygen atoms in total. The van der Waals surface area contributed by atoms with Crippen LogP contribution in [0.2, 0.25) is 0 Å². The summed E-state index contributed by atoms with van der Waals surface area (Å²) in [5.74, 6) is 2.17. The van der Waals surface area contributed by atoms with Crippen LogP contribution in [0.25, 0.3) is 10.9 Å². The first-order valence-electron chi connectivity index (χ1n) is 5.88. The molecule has 1 aromatic carbocycles. The third-order valence-electron chi connectivity index (χ3n) is 2.77. The van der Waals surface area contributed by atoms with E-state index in [0.717, 1.165) is 5.39 Å². The summed E-state index contributed by atoms with van der Waals surface area (Å²) in [5.41, 5.74) is 6.68. The van der Waals surface area contributed by atoms with Crippen molar-refractivity contribution in [3.8, 4) is 12.3 Å². The van der Waals surface area contributed by atoms with Gasteiger partial charge in [0.25, 0.3) is 5.91 Å². The molecule has 0 saturated heterocycles. The molecule has 0 fully saturated rings. The van der Waals surface area contributed by atoms with Crippen molar-refractivity contribution in [3.05, 3.63) is 36.0 Å². The van der Waals surface area contributed by atoms with E-state index in [0.29, 0.717) is 11.2 Å². The summed E-state index contributed by atoms with van der Waals surface area (Å²) >= 11 is 0. The van der Waals surface area contributed by atoms with Gasteiger partial charge in [-0.1, -0.05) is 24.1 Å². The Labute approximate surface area is 112 Å². The van der Waals surface area contributed by atoms with Gasteiger partial charge in [0, 0.05) is 11.1 Å². The molecular formula is C15H15N3O. The molecule has 1 aromatic heterocycles. The predicted molar refractivity (Wildman–Crippen MR) is 76.5 cm³/mol. The summed E-state index contributed by atoms with van der Waals surface area (Å²) in [6.45, 7) is 3.49. The van der Waals surface area contributed by atoms with Gasteiger partial charge in [0.15, 0.2) is 0 Å². The number of nitrogens with two attached hydrogens (primary N) is 1. The van der Waals surface area contributed by atoms with E-state index in [4.69, 9.17) is 12.2 Å². The van der Waals surface area contributed by atoms with Gasteiger partial charge in [0.05, 0.1) is 11.1 Å². The summed E-state index contributed by atoms with van der Waals surface area (Å²) in [6, 6.07) is 8.97. The van der Waals surface area contributed by atoms with Crippen molar-refractivity contribution >= 4 is 22.5 Å². The molecular weight excluding hydrogens is 238 g/mol. The number of nitrogens with zero attached hydrogens (tertiary/aromatic N) is 1. The first kappa shape index (κ1) is 12.9. The van der Waals surface area contributed by atoms with Gasteiger partial charge in [-0.25, -0.2) is 4.98 Å². The highest BCUT2D eigenvalue weighted by molar-refractivity contribution is 5.99. The van der Waals surface area contributed by atoms with Crippen LogP contribution < -0.4 is 11.1 Å². The van der Waals surface area contributed by atoms with E-state index in [1.54, 1.807) is 19.9 Å². The van der Waals surface area contributed by atoms with Crippen molar-refractivity contribution in [1.82, 2.24) is 10.3 Å². The van der Waals surface area contributed by atoms with Crippen molar-refractivity contribution in [3.63, 3.8) is 0 Å². The lowest BCUT2D eigenvalue weighted by Gasteiger charge is -2.19. The van der Waals surface area contributed by atoms with Crippen LogP contribution in [0.4, 0.5) is 5.69 Å². The van der Waals surface area contributed by atoms with Crippen LogP contribution in [0.5, 0.6) is 0 Å². The fourth-order valence-corrected chi connectivity index (χ4v) is 1.70. The fourth-order valence-electron chi connectivity index (χ4n) is 1.70. The molecule has 2 rings (SSSR count). The van der Waals surface area contributed by atoms with Crippen molar-refractivity contribution in [1.29, 1.82) is 0 Å². The van der Waals surface area contributed by atoms with Crippen LogP contribution in [-0.4, -0.2) is 16.4 Å². The zero-order valence-corrected chi connectivity index (χ0v) is 10.9. The number of terminal acetylenes is 1. The number of nitrogen functional groups attached to an aromatic ring is 1. The molecule has 0 spiro atoms. The molecule has 4 heteroatoms. The summed E-state index contributed by atoms with van der Waals surface area (Å²) in [4.78, 5) is 16.4. The van der Waals surface area contributed by atoms with E-state index in [9.17, 15) is 4.79 Å². The number of aromatic nitrogens is 1. The average Bonchev–Trinajstić information content (AvgIpc) is 2.38. The Morgan fingerprint density at radius 3 is 2.79 bits per heavy atom. The second-order valence-electron chi connectivity index (χ2n) is 4.84. The second-order valence-corrected chi connectivity index (χ2v) is 4.84. The maximum Gasteiger partial charge on any atom is 0.271 e. The highest BCUT2D eigenvalue weighted by Crippen LogP contribution is 2.20. The van der Waals surface area contributed by atoms with Gasteiger partial charge in [-0.3, -0.25) is 4.79 Å². The van der Waals surface area contributed by atoms with Gasteiger partial charge < -0.3 is 11.1 Å². The number of carbonyl (C=O) groups is 1. The number of rotatable bonds is 2. The average molecular weight is 253 g/mol. The Kier molecular flexibility index (Phi) is 3.14. The van der Waals surface area contributed by atoms with E-state index in [2.05, 4.69) is 16.2 Å². The fraction of sp³-hybridized carbons (Fsp3) is 0.200. The van der Waals surface area contributed by atoms with Crippen LogP contribution >= 0.6 is 0 Å². The summed E-state index contributed by atoms with van der Waals surface area (Å²) in [7, 11) is 0. The minimum atomic E-state index is -0.723. The normalized spacial score (nSPS) is 11.0. The van der Waals surface area contributed by atoms with Crippen LogP contribution in [-0.2, 0) is 0 Å². The van der Waals surface area contributed by atoms with Gasteiger partial charge in [-0.05, 0) is 26.0 Å². The highest BCUT2D eigenvalue weighted by Gasteiger charge is 2.19. The summed E-state index contributed by atoms with van der Waals surface area (Å²) in [6.07, 6.45) is 5.34. The quantitative estimate of drug-likeness (QED) is 0.804. The third-order valence-corrected chi connectivity index (χ3v) is 2.77. The lowest BCUT2D eigenvalue weighted by atomic mass is 10.1. The molecule has 0 bridgehead atoms. The Balaban J connectivity index is 2.42. The number of anilines is 1. The van der Waals surface area contributed by atoms with Gasteiger partial charge >= 0.3 is 0 Å². The number of hydrogen-bond acceptors (Lipinski definition) is 3. The second kappa shape index (κ2) is 4.62. The number of nitrogens with one attached hydrogen (secondary N) is 1. The Morgan fingerprint density at radius 2 is 2.11 bits per heavy atom. The van der Waals surface area contributed by atoms with Gasteiger partial charge in [-0.2, -0.15) is 0 Å². The Bertz CT molecular complexity index is 683. The highest BCUT2D eigenvalue weighted by atomic mass is 16.2. The van der Waals surface area contributed by atoms with Crippen LogP contribution in [0.3, 0.4) is 0 Å². The number of carbonyl (C=O) groups excluding carboxylic acids is 1. The minimum Gasteiger partial charge on any atom is -0.398 e. The van der Waals surface area contributed by atoms with E-state index in [-0.39, 0.29) is 11.6 Å². The van der Waals surface area contributed by atoms with Crippen LogP contribution in [0.1, 0.15) is 24.3 Å². The molecule has 96 valence electrons. The zero-order valence-electron chi connectivity index (χ0n) is 10.9. The third kappa shape index (κ3) is 2.66. The summed E-state index contributed by atoms with van der Waals surface area (Å²) in [5, 5.41) is 3.55. The monoisotopic (exact) mass is 253 g/mol. The Hall–Kier alpha value is -2.54. The minimum absolute atomic E-state index is 0.263.